The summed E-state index contributed by atoms with van der Waals surface area (Å²) in [5.74, 6) is 0.213. The summed E-state index contributed by atoms with van der Waals surface area (Å²) in [6.07, 6.45) is 0.973. The van der Waals surface area contributed by atoms with E-state index in [-0.39, 0.29) is 5.69 Å². The molecule has 7 heteroatoms. The monoisotopic (exact) mass is 304 g/mol. The zero-order chi connectivity index (χ0) is 15.9. The molecule has 22 heavy (non-hydrogen) atoms. The Morgan fingerprint density at radius 2 is 2.18 bits per heavy atom. The summed E-state index contributed by atoms with van der Waals surface area (Å²) in [6, 6.07) is 5.94. The van der Waals surface area contributed by atoms with Crippen LogP contribution in [-0.4, -0.2) is 35.5 Å². The van der Waals surface area contributed by atoms with E-state index in [0.29, 0.717) is 17.4 Å². The van der Waals surface area contributed by atoms with Crippen LogP contribution in [-0.2, 0) is 14.3 Å². The van der Waals surface area contributed by atoms with Gasteiger partial charge in [-0.15, -0.1) is 0 Å². The Labute approximate surface area is 127 Å². The lowest BCUT2D eigenvalue weighted by atomic mass is 10.1. The standard InChI is InChI=1S/C15H16N2O5/c1-3-10-8-15(10)12(14(18)21-2)22-13(16-15)9-4-6-11(7-5-9)17(19)20/h4-7,10,12H,3,8H2,1-2H3/t10-,12-,15+/m1/s1. The highest BCUT2D eigenvalue weighted by Gasteiger charge is 2.66. The molecule has 116 valence electrons. The third-order valence-corrected chi connectivity index (χ3v) is 4.35. The van der Waals surface area contributed by atoms with Gasteiger partial charge in [-0.3, -0.25) is 10.1 Å². The second-order valence-corrected chi connectivity index (χ2v) is 5.54. The minimum atomic E-state index is -0.729. The lowest BCUT2D eigenvalue weighted by molar-refractivity contribution is -0.384. The molecule has 1 aromatic carbocycles. The number of esters is 1. The third kappa shape index (κ3) is 2.13. The lowest BCUT2D eigenvalue weighted by Gasteiger charge is -2.15. The number of carbonyl (C=O) groups excluding carboxylic acids is 1. The van der Waals surface area contributed by atoms with Crippen molar-refractivity contribution in [1.29, 1.82) is 0 Å². The molecule has 0 aromatic heterocycles. The van der Waals surface area contributed by atoms with E-state index in [2.05, 4.69) is 4.99 Å². The summed E-state index contributed by atoms with van der Waals surface area (Å²) in [5, 5.41) is 10.7. The average Bonchev–Trinajstić information content (AvgIpc) is 3.10. The zero-order valence-corrected chi connectivity index (χ0v) is 12.3. The molecule has 3 atom stereocenters. The van der Waals surface area contributed by atoms with Crippen molar-refractivity contribution in [2.45, 2.75) is 31.4 Å². The van der Waals surface area contributed by atoms with Crippen LogP contribution in [0.3, 0.4) is 0 Å². The summed E-state index contributed by atoms with van der Waals surface area (Å²) < 4.78 is 10.5. The van der Waals surface area contributed by atoms with Crippen molar-refractivity contribution in [3.63, 3.8) is 0 Å². The molecule has 1 fully saturated rings. The number of benzene rings is 1. The minimum Gasteiger partial charge on any atom is -0.466 e. The average molecular weight is 304 g/mol. The normalized spacial score (nSPS) is 28.9. The molecule has 1 aliphatic carbocycles. The first-order valence-electron chi connectivity index (χ1n) is 7.11. The number of rotatable bonds is 4. The number of ether oxygens (including phenoxy) is 2. The van der Waals surface area contributed by atoms with Gasteiger partial charge in [-0.1, -0.05) is 13.3 Å². The number of carbonyl (C=O) groups is 1. The van der Waals surface area contributed by atoms with Crippen molar-refractivity contribution in [1.82, 2.24) is 0 Å². The smallest absolute Gasteiger partial charge is 0.349 e. The molecule has 0 unspecified atom stereocenters. The SMILES string of the molecule is CC[C@@H]1C[C@]12N=C(c1ccc([N+](=O)[O-])cc1)O[C@@H]2C(=O)OC. The Morgan fingerprint density at radius 3 is 2.68 bits per heavy atom. The van der Waals surface area contributed by atoms with Crippen molar-refractivity contribution in [3.8, 4) is 0 Å². The highest BCUT2D eigenvalue weighted by Crippen LogP contribution is 2.55. The van der Waals surface area contributed by atoms with Crippen LogP contribution in [0.1, 0.15) is 25.3 Å². The van der Waals surface area contributed by atoms with E-state index < -0.39 is 22.5 Å². The minimum absolute atomic E-state index is 0.000523. The molecule has 0 saturated heterocycles. The van der Waals surface area contributed by atoms with Crippen molar-refractivity contribution in [3.05, 3.63) is 39.9 Å². The molecular weight excluding hydrogens is 288 g/mol. The molecule has 3 rings (SSSR count). The summed E-state index contributed by atoms with van der Waals surface area (Å²) in [5.41, 5.74) is 0.0939. The second kappa shape index (κ2) is 5.08. The van der Waals surface area contributed by atoms with Gasteiger partial charge in [-0.2, -0.15) is 0 Å². The van der Waals surface area contributed by atoms with Crippen molar-refractivity contribution >= 4 is 17.6 Å². The van der Waals surface area contributed by atoms with Crippen LogP contribution in [0.15, 0.2) is 29.3 Å². The number of nitro benzene ring substituents is 1. The molecule has 1 spiro atoms. The Bertz CT molecular complexity index is 654. The fourth-order valence-corrected chi connectivity index (χ4v) is 3.00. The molecular formula is C15H16N2O5. The van der Waals surface area contributed by atoms with Gasteiger partial charge in [-0.25, -0.2) is 9.79 Å². The van der Waals surface area contributed by atoms with Crippen LogP contribution < -0.4 is 0 Å². The summed E-state index contributed by atoms with van der Waals surface area (Å²) in [6.45, 7) is 2.05. The fourth-order valence-electron chi connectivity index (χ4n) is 3.00. The predicted molar refractivity (Wildman–Crippen MR) is 77.7 cm³/mol. The maximum Gasteiger partial charge on any atom is 0.349 e. The second-order valence-electron chi connectivity index (χ2n) is 5.54. The van der Waals surface area contributed by atoms with Gasteiger partial charge in [0.2, 0.25) is 12.0 Å². The van der Waals surface area contributed by atoms with Gasteiger partial charge in [0.15, 0.2) is 0 Å². The van der Waals surface area contributed by atoms with Gasteiger partial charge in [-0.05, 0) is 24.5 Å². The Balaban J connectivity index is 1.89. The molecule has 0 radical (unpaired) electrons. The van der Waals surface area contributed by atoms with Gasteiger partial charge in [0.25, 0.3) is 5.69 Å². The number of non-ortho nitro benzene ring substituents is 1. The maximum atomic E-state index is 11.9. The summed E-state index contributed by atoms with van der Waals surface area (Å²) in [7, 11) is 1.33. The van der Waals surface area contributed by atoms with Gasteiger partial charge in [0.1, 0.15) is 5.54 Å². The van der Waals surface area contributed by atoms with Crippen molar-refractivity contribution in [2.24, 2.45) is 10.9 Å². The van der Waals surface area contributed by atoms with Crippen molar-refractivity contribution < 1.29 is 19.2 Å². The van der Waals surface area contributed by atoms with E-state index in [9.17, 15) is 14.9 Å². The largest absolute Gasteiger partial charge is 0.466 e. The number of hydrogen-bond donors (Lipinski definition) is 0. The number of hydrogen-bond acceptors (Lipinski definition) is 6. The molecule has 1 heterocycles. The first-order chi connectivity index (χ1) is 10.5. The van der Waals surface area contributed by atoms with Crippen LogP contribution >= 0.6 is 0 Å². The number of nitrogens with zero attached hydrogens (tertiary/aromatic N) is 2. The molecule has 1 aromatic rings. The van der Waals surface area contributed by atoms with E-state index in [1.54, 1.807) is 12.1 Å². The zero-order valence-electron chi connectivity index (χ0n) is 12.3. The predicted octanol–water partition coefficient (Wildman–Crippen LogP) is 2.08. The topological polar surface area (TPSA) is 91.0 Å². The van der Waals surface area contributed by atoms with Crippen LogP contribution in [0.2, 0.25) is 0 Å². The molecule has 0 bridgehead atoms. The first kappa shape index (κ1) is 14.5. The molecule has 0 N–H and O–H groups in total. The molecule has 0 amide bonds. The fraction of sp³-hybridized carbons (Fsp3) is 0.467. The maximum absolute atomic E-state index is 11.9. The van der Waals surface area contributed by atoms with Crippen LogP contribution in [0.25, 0.3) is 0 Å². The Kier molecular flexibility index (Phi) is 3.35. The number of methoxy groups -OCH3 is 1. The van der Waals surface area contributed by atoms with Crippen LogP contribution in [0.4, 0.5) is 5.69 Å². The van der Waals surface area contributed by atoms with Gasteiger partial charge in [0, 0.05) is 17.7 Å². The molecule has 1 saturated carbocycles. The van der Waals surface area contributed by atoms with Crippen molar-refractivity contribution in [2.75, 3.05) is 7.11 Å². The van der Waals surface area contributed by atoms with E-state index >= 15 is 0 Å². The summed E-state index contributed by atoms with van der Waals surface area (Å²) in [4.78, 5) is 26.8. The van der Waals surface area contributed by atoms with E-state index in [1.165, 1.54) is 19.2 Å². The highest BCUT2D eigenvalue weighted by atomic mass is 16.6. The Morgan fingerprint density at radius 1 is 1.50 bits per heavy atom. The van der Waals surface area contributed by atoms with Gasteiger partial charge in [0.05, 0.1) is 12.0 Å². The molecule has 2 aliphatic rings. The highest BCUT2D eigenvalue weighted by molar-refractivity contribution is 5.99. The molecule has 7 nitrogen and oxygen atoms in total. The van der Waals surface area contributed by atoms with E-state index in [1.807, 2.05) is 6.92 Å². The van der Waals surface area contributed by atoms with Gasteiger partial charge < -0.3 is 9.47 Å². The Hall–Kier alpha value is -2.44. The number of nitro groups is 1. The summed E-state index contributed by atoms with van der Waals surface area (Å²) >= 11 is 0. The first-order valence-corrected chi connectivity index (χ1v) is 7.11. The van der Waals surface area contributed by atoms with Crippen LogP contribution in [0, 0.1) is 16.0 Å². The quantitative estimate of drug-likeness (QED) is 0.482. The third-order valence-electron chi connectivity index (χ3n) is 4.35. The van der Waals surface area contributed by atoms with E-state index in [4.69, 9.17) is 9.47 Å². The molecule has 1 aliphatic heterocycles. The van der Waals surface area contributed by atoms with Crippen LogP contribution in [0.5, 0.6) is 0 Å². The van der Waals surface area contributed by atoms with E-state index in [0.717, 1.165) is 12.8 Å². The number of aliphatic imine (C=N–C) groups is 1. The van der Waals surface area contributed by atoms with Gasteiger partial charge >= 0.3 is 5.97 Å². The lowest BCUT2D eigenvalue weighted by Crippen LogP contribution is -2.35.